The molecular weight excluding hydrogens is 224 g/mol. The van der Waals surface area contributed by atoms with Gasteiger partial charge in [0.15, 0.2) is 17.4 Å². The maximum atomic E-state index is 13.5. The smallest absolute Gasteiger partial charge is 0.190 e. The molecule has 0 aliphatic carbocycles. The summed E-state index contributed by atoms with van der Waals surface area (Å²) in [5.41, 5.74) is 0.672. The molecule has 0 atom stereocenters. The van der Waals surface area contributed by atoms with Crippen molar-refractivity contribution in [2.24, 2.45) is 0 Å². The zero-order chi connectivity index (χ0) is 12.8. The van der Waals surface area contributed by atoms with E-state index in [1.807, 2.05) is 19.0 Å². The van der Waals surface area contributed by atoms with Crippen molar-refractivity contribution < 1.29 is 13.5 Å². The molecule has 96 valence electrons. The molecule has 0 saturated carbocycles. The van der Waals surface area contributed by atoms with Crippen LogP contribution in [0.15, 0.2) is 12.1 Å². The first-order chi connectivity index (χ1) is 8.04. The molecule has 0 aliphatic heterocycles. The molecule has 0 bridgehead atoms. The second-order valence-electron chi connectivity index (χ2n) is 4.23. The third-order valence-electron chi connectivity index (χ3n) is 2.42. The normalized spacial score (nSPS) is 10.9. The highest BCUT2D eigenvalue weighted by molar-refractivity contribution is 5.31. The predicted molar refractivity (Wildman–Crippen MR) is 64.4 cm³/mol. The highest BCUT2D eigenvalue weighted by Crippen LogP contribution is 2.23. The van der Waals surface area contributed by atoms with Gasteiger partial charge in [0.05, 0.1) is 6.61 Å². The zero-order valence-electron chi connectivity index (χ0n) is 10.6. The van der Waals surface area contributed by atoms with Gasteiger partial charge in [-0.2, -0.15) is 0 Å². The van der Waals surface area contributed by atoms with E-state index in [1.54, 1.807) is 6.92 Å². The van der Waals surface area contributed by atoms with E-state index in [2.05, 4.69) is 0 Å². The van der Waals surface area contributed by atoms with Gasteiger partial charge in [0, 0.05) is 0 Å². The second kappa shape index (κ2) is 6.55. The number of ether oxygens (including phenoxy) is 1. The molecule has 1 aromatic rings. The first kappa shape index (κ1) is 13.9. The molecule has 0 radical (unpaired) electrons. The van der Waals surface area contributed by atoms with Gasteiger partial charge >= 0.3 is 0 Å². The molecule has 0 N–H and O–H groups in total. The van der Waals surface area contributed by atoms with Crippen LogP contribution in [0.3, 0.4) is 0 Å². The van der Waals surface area contributed by atoms with Gasteiger partial charge in [-0.1, -0.05) is 0 Å². The van der Waals surface area contributed by atoms with Gasteiger partial charge in [-0.3, -0.25) is 0 Å². The Morgan fingerprint density at radius 1 is 1.18 bits per heavy atom. The molecule has 1 rings (SSSR count). The van der Waals surface area contributed by atoms with Crippen LogP contribution in [-0.2, 0) is 6.42 Å². The van der Waals surface area contributed by atoms with Gasteiger partial charge in [0.1, 0.15) is 0 Å². The molecule has 0 amide bonds. The molecule has 0 heterocycles. The molecule has 0 fully saturated rings. The first-order valence-electron chi connectivity index (χ1n) is 5.80. The summed E-state index contributed by atoms with van der Waals surface area (Å²) in [6.07, 6.45) is 1.54. The van der Waals surface area contributed by atoms with Crippen molar-refractivity contribution in [3.05, 3.63) is 29.3 Å². The largest absolute Gasteiger partial charge is 0.488 e. The van der Waals surface area contributed by atoms with Crippen LogP contribution < -0.4 is 4.74 Å². The van der Waals surface area contributed by atoms with Crippen molar-refractivity contribution in [2.75, 3.05) is 27.2 Å². The minimum atomic E-state index is -0.619. The zero-order valence-corrected chi connectivity index (χ0v) is 10.6. The van der Waals surface area contributed by atoms with Crippen LogP contribution in [0.25, 0.3) is 0 Å². The van der Waals surface area contributed by atoms with E-state index in [0.29, 0.717) is 12.0 Å². The molecule has 17 heavy (non-hydrogen) atoms. The lowest BCUT2D eigenvalue weighted by molar-refractivity contribution is 0.302. The maximum absolute atomic E-state index is 13.5. The van der Waals surface area contributed by atoms with Gasteiger partial charge in [-0.25, -0.2) is 8.78 Å². The molecule has 0 aliphatic rings. The molecule has 1 aromatic carbocycles. The van der Waals surface area contributed by atoms with Gasteiger partial charge in [0.2, 0.25) is 0 Å². The van der Waals surface area contributed by atoms with Crippen molar-refractivity contribution in [1.82, 2.24) is 4.90 Å². The number of hydrogen-bond acceptors (Lipinski definition) is 2. The third kappa shape index (κ3) is 4.30. The number of benzene rings is 1. The molecule has 0 unspecified atom stereocenters. The predicted octanol–water partition coefficient (Wildman–Crippen LogP) is 2.86. The lowest BCUT2D eigenvalue weighted by Gasteiger charge is -2.10. The van der Waals surface area contributed by atoms with Crippen molar-refractivity contribution in [3.63, 3.8) is 0 Å². The van der Waals surface area contributed by atoms with Crippen LogP contribution in [0.1, 0.15) is 18.9 Å². The minimum Gasteiger partial charge on any atom is -0.488 e. The van der Waals surface area contributed by atoms with E-state index < -0.39 is 11.6 Å². The Morgan fingerprint density at radius 2 is 1.76 bits per heavy atom. The Kier molecular flexibility index (Phi) is 5.35. The molecule has 0 aromatic heterocycles. The Labute approximate surface area is 101 Å². The number of halogens is 2. The monoisotopic (exact) mass is 243 g/mol. The number of hydrogen-bond donors (Lipinski definition) is 0. The molecule has 0 saturated heterocycles. The van der Waals surface area contributed by atoms with Gasteiger partial charge in [0.25, 0.3) is 0 Å². The summed E-state index contributed by atoms with van der Waals surface area (Å²) in [5, 5.41) is 0. The summed E-state index contributed by atoms with van der Waals surface area (Å²) in [6.45, 7) is 2.86. The summed E-state index contributed by atoms with van der Waals surface area (Å²) < 4.78 is 31.9. The van der Waals surface area contributed by atoms with E-state index >= 15 is 0 Å². The maximum Gasteiger partial charge on any atom is 0.190 e. The van der Waals surface area contributed by atoms with E-state index in [1.165, 1.54) is 12.1 Å². The molecule has 2 nitrogen and oxygen atoms in total. The van der Waals surface area contributed by atoms with Crippen molar-refractivity contribution >= 4 is 0 Å². The summed E-state index contributed by atoms with van der Waals surface area (Å²) in [4.78, 5) is 2.04. The molecular formula is C13H19F2NO. The van der Waals surface area contributed by atoms with Crippen molar-refractivity contribution in [1.29, 1.82) is 0 Å². The lowest BCUT2D eigenvalue weighted by Crippen LogP contribution is -2.13. The number of nitrogens with zero attached hydrogens (tertiary/aromatic N) is 1. The number of aryl methyl sites for hydroxylation is 1. The van der Waals surface area contributed by atoms with Crippen LogP contribution in [0.5, 0.6) is 5.75 Å². The highest BCUT2D eigenvalue weighted by Gasteiger charge is 2.11. The van der Waals surface area contributed by atoms with E-state index in [0.717, 1.165) is 13.0 Å². The minimum absolute atomic E-state index is 0.258. The first-order valence-corrected chi connectivity index (χ1v) is 5.80. The summed E-state index contributed by atoms with van der Waals surface area (Å²) in [5.74, 6) is -1.51. The number of rotatable bonds is 6. The fraction of sp³-hybridized carbons (Fsp3) is 0.538. The molecule has 0 spiro atoms. The van der Waals surface area contributed by atoms with Gasteiger partial charge < -0.3 is 9.64 Å². The van der Waals surface area contributed by atoms with E-state index in [9.17, 15) is 8.78 Å². The average molecular weight is 243 g/mol. The Morgan fingerprint density at radius 3 is 2.24 bits per heavy atom. The van der Waals surface area contributed by atoms with Crippen LogP contribution in [0.4, 0.5) is 8.78 Å². The Balaban J connectivity index is 2.69. The van der Waals surface area contributed by atoms with Gasteiger partial charge in [-0.15, -0.1) is 0 Å². The second-order valence-corrected chi connectivity index (χ2v) is 4.23. The Bertz CT molecular complexity index is 343. The quantitative estimate of drug-likeness (QED) is 0.761. The fourth-order valence-corrected chi connectivity index (χ4v) is 1.64. The lowest BCUT2D eigenvalue weighted by atomic mass is 10.1. The summed E-state index contributed by atoms with van der Waals surface area (Å²) in [6, 6.07) is 2.70. The fourth-order valence-electron chi connectivity index (χ4n) is 1.64. The average Bonchev–Trinajstić information content (AvgIpc) is 2.23. The topological polar surface area (TPSA) is 12.5 Å². The van der Waals surface area contributed by atoms with E-state index in [4.69, 9.17) is 4.74 Å². The standard InChI is InChI=1S/C13H19F2NO/c1-4-17-13-11(14)8-10(9-12(13)15)6-5-7-16(2)3/h8-9H,4-7H2,1-3H3. The van der Waals surface area contributed by atoms with Crippen LogP contribution in [-0.4, -0.2) is 32.1 Å². The third-order valence-corrected chi connectivity index (χ3v) is 2.42. The van der Waals surface area contributed by atoms with Crippen LogP contribution in [0, 0.1) is 11.6 Å². The molecule has 4 heteroatoms. The summed E-state index contributed by atoms with van der Waals surface area (Å²) in [7, 11) is 3.94. The van der Waals surface area contributed by atoms with Crippen LogP contribution >= 0.6 is 0 Å². The van der Waals surface area contributed by atoms with E-state index in [-0.39, 0.29) is 12.4 Å². The SMILES string of the molecule is CCOc1c(F)cc(CCCN(C)C)cc1F. The Hall–Kier alpha value is -1.16. The van der Waals surface area contributed by atoms with Crippen molar-refractivity contribution in [2.45, 2.75) is 19.8 Å². The highest BCUT2D eigenvalue weighted by atomic mass is 19.1. The summed E-state index contributed by atoms with van der Waals surface area (Å²) >= 11 is 0. The van der Waals surface area contributed by atoms with Crippen LogP contribution in [0.2, 0.25) is 0 Å². The van der Waals surface area contributed by atoms with Crippen molar-refractivity contribution in [3.8, 4) is 5.75 Å². The van der Waals surface area contributed by atoms with Gasteiger partial charge in [-0.05, 0) is 58.1 Å².